The number of nitrogens with zero attached hydrogens (tertiary/aromatic N) is 1. The van der Waals surface area contributed by atoms with Crippen molar-refractivity contribution in [3.63, 3.8) is 0 Å². The van der Waals surface area contributed by atoms with E-state index in [-0.39, 0.29) is 9.92 Å². The Labute approximate surface area is 138 Å². The number of benzene rings is 2. The summed E-state index contributed by atoms with van der Waals surface area (Å²) in [5.41, 5.74) is 0.652. The number of rotatable bonds is 3. The summed E-state index contributed by atoms with van der Waals surface area (Å²) in [4.78, 5) is 0.0407. The van der Waals surface area contributed by atoms with Crippen LogP contribution in [-0.4, -0.2) is 19.3 Å². The first kappa shape index (κ1) is 16.4. The third-order valence-electron chi connectivity index (χ3n) is 3.95. The van der Waals surface area contributed by atoms with Gasteiger partial charge in [0.25, 0.3) is 0 Å². The highest BCUT2D eigenvalue weighted by Crippen LogP contribution is 2.37. The molecule has 122 valence electrons. The fraction of sp³-hybridized carbons (Fsp3) is 0.250. The van der Waals surface area contributed by atoms with Gasteiger partial charge in [-0.3, -0.25) is 0 Å². The van der Waals surface area contributed by atoms with Gasteiger partial charge in [0.2, 0.25) is 10.0 Å². The summed E-state index contributed by atoms with van der Waals surface area (Å²) < 4.78 is 53.3. The molecule has 0 aromatic heterocycles. The molecule has 2 aromatic rings. The van der Waals surface area contributed by atoms with Gasteiger partial charge >= 0.3 is 0 Å². The average Bonchev–Trinajstić information content (AvgIpc) is 3.01. The van der Waals surface area contributed by atoms with E-state index in [0.717, 1.165) is 12.1 Å². The van der Waals surface area contributed by atoms with Crippen LogP contribution in [0.5, 0.6) is 0 Å². The average molecular weight is 358 g/mol. The maximum Gasteiger partial charge on any atom is 0.243 e. The van der Waals surface area contributed by atoms with Gasteiger partial charge in [0, 0.05) is 6.54 Å². The second-order valence-corrected chi connectivity index (χ2v) is 7.70. The van der Waals surface area contributed by atoms with Gasteiger partial charge in [0.05, 0.1) is 16.0 Å². The maximum absolute atomic E-state index is 13.3. The lowest BCUT2D eigenvalue weighted by Gasteiger charge is -2.24. The van der Waals surface area contributed by atoms with Gasteiger partial charge in [-0.25, -0.2) is 17.2 Å². The molecule has 1 saturated heterocycles. The Bertz CT molecular complexity index is 824. The van der Waals surface area contributed by atoms with Crippen LogP contribution in [0.15, 0.2) is 47.4 Å². The van der Waals surface area contributed by atoms with E-state index in [1.54, 1.807) is 6.07 Å². The van der Waals surface area contributed by atoms with Crippen LogP contribution in [0.1, 0.15) is 24.4 Å². The predicted molar refractivity (Wildman–Crippen MR) is 83.7 cm³/mol. The zero-order valence-electron chi connectivity index (χ0n) is 12.0. The van der Waals surface area contributed by atoms with Gasteiger partial charge in [-0.2, -0.15) is 4.31 Å². The molecule has 0 aliphatic carbocycles. The zero-order chi connectivity index (χ0) is 16.6. The van der Waals surface area contributed by atoms with E-state index in [9.17, 15) is 17.2 Å². The van der Waals surface area contributed by atoms with Crippen molar-refractivity contribution >= 4 is 21.6 Å². The molecular formula is C16H14ClF2NO2S. The topological polar surface area (TPSA) is 37.4 Å². The second-order valence-electron chi connectivity index (χ2n) is 5.40. The normalized spacial score (nSPS) is 19.2. The molecule has 23 heavy (non-hydrogen) atoms. The lowest BCUT2D eigenvalue weighted by Crippen LogP contribution is -2.30. The van der Waals surface area contributed by atoms with Crippen LogP contribution in [0.2, 0.25) is 5.02 Å². The molecule has 1 aliphatic rings. The van der Waals surface area contributed by atoms with Crippen LogP contribution >= 0.6 is 11.6 Å². The van der Waals surface area contributed by atoms with Gasteiger partial charge in [-0.1, -0.05) is 17.7 Å². The quantitative estimate of drug-likeness (QED) is 0.827. The highest BCUT2D eigenvalue weighted by molar-refractivity contribution is 7.89. The molecular weight excluding hydrogens is 344 g/mol. The summed E-state index contributed by atoms with van der Waals surface area (Å²) in [6.07, 6.45) is 1.32. The molecule has 7 heteroatoms. The minimum absolute atomic E-state index is 0.0338. The van der Waals surface area contributed by atoms with Crippen molar-refractivity contribution in [2.24, 2.45) is 0 Å². The molecule has 1 heterocycles. The summed E-state index contributed by atoms with van der Waals surface area (Å²) in [6, 6.07) is 8.57. The van der Waals surface area contributed by atoms with Gasteiger partial charge in [0.1, 0.15) is 11.6 Å². The lowest BCUT2D eigenvalue weighted by atomic mass is 10.1. The van der Waals surface area contributed by atoms with E-state index in [1.165, 1.54) is 28.6 Å². The van der Waals surface area contributed by atoms with Gasteiger partial charge < -0.3 is 0 Å². The summed E-state index contributed by atoms with van der Waals surface area (Å²) in [6.45, 7) is 0.360. The minimum atomic E-state index is -3.75. The zero-order valence-corrected chi connectivity index (χ0v) is 13.6. The first-order valence-electron chi connectivity index (χ1n) is 7.12. The number of hydrogen-bond acceptors (Lipinski definition) is 2. The van der Waals surface area contributed by atoms with E-state index in [4.69, 9.17) is 11.6 Å². The van der Waals surface area contributed by atoms with Gasteiger partial charge in [0.15, 0.2) is 0 Å². The molecule has 2 aromatic carbocycles. The van der Waals surface area contributed by atoms with E-state index < -0.39 is 27.7 Å². The highest BCUT2D eigenvalue weighted by Gasteiger charge is 2.36. The predicted octanol–water partition coefficient (Wildman–Crippen LogP) is 4.14. The summed E-state index contributed by atoms with van der Waals surface area (Å²) in [5.74, 6) is -1.03. The Hall–Kier alpha value is -1.50. The van der Waals surface area contributed by atoms with E-state index in [2.05, 4.69) is 0 Å². The number of halogens is 3. The van der Waals surface area contributed by atoms with Crippen LogP contribution in [0.4, 0.5) is 8.78 Å². The highest BCUT2D eigenvalue weighted by atomic mass is 35.5. The molecule has 1 unspecified atom stereocenters. The van der Waals surface area contributed by atoms with Crippen molar-refractivity contribution in [1.82, 2.24) is 4.31 Å². The summed E-state index contributed by atoms with van der Waals surface area (Å²) >= 11 is 5.80. The summed E-state index contributed by atoms with van der Waals surface area (Å²) in [7, 11) is -3.75. The Morgan fingerprint density at radius 2 is 1.78 bits per heavy atom. The van der Waals surface area contributed by atoms with Gasteiger partial charge in [-0.15, -0.1) is 0 Å². The van der Waals surface area contributed by atoms with Crippen molar-refractivity contribution in [2.75, 3.05) is 6.54 Å². The van der Waals surface area contributed by atoms with Crippen LogP contribution in [0.3, 0.4) is 0 Å². The largest absolute Gasteiger partial charge is 0.243 e. The van der Waals surface area contributed by atoms with Crippen LogP contribution in [0, 0.1) is 11.6 Å². The second kappa shape index (κ2) is 6.19. The first-order valence-corrected chi connectivity index (χ1v) is 8.94. The first-order chi connectivity index (χ1) is 10.9. The minimum Gasteiger partial charge on any atom is -0.207 e. The van der Waals surface area contributed by atoms with E-state index >= 15 is 0 Å². The smallest absolute Gasteiger partial charge is 0.207 e. The van der Waals surface area contributed by atoms with E-state index in [0.29, 0.717) is 24.9 Å². The lowest BCUT2D eigenvalue weighted by molar-refractivity contribution is 0.396. The van der Waals surface area contributed by atoms with Crippen molar-refractivity contribution in [2.45, 2.75) is 23.8 Å². The molecule has 0 saturated carbocycles. The number of hydrogen-bond donors (Lipinski definition) is 0. The SMILES string of the molecule is O=S(=O)(c1ccc(F)cc1)N1CCCC1c1ccc(F)c(Cl)c1. The molecule has 0 N–H and O–H groups in total. The van der Waals surface area contributed by atoms with Crippen LogP contribution < -0.4 is 0 Å². The Balaban J connectivity index is 1.97. The maximum atomic E-state index is 13.3. The van der Waals surface area contributed by atoms with Crippen molar-refractivity contribution in [3.8, 4) is 0 Å². The fourth-order valence-electron chi connectivity index (χ4n) is 2.82. The number of sulfonamides is 1. The molecule has 3 nitrogen and oxygen atoms in total. The van der Waals surface area contributed by atoms with Crippen molar-refractivity contribution in [1.29, 1.82) is 0 Å². The Kier molecular flexibility index (Phi) is 4.40. The van der Waals surface area contributed by atoms with Crippen LogP contribution in [-0.2, 0) is 10.0 Å². The molecule has 0 bridgehead atoms. The third-order valence-corrected chi connectivity index (χ3v) is 6.16. The molecule has 1 aliphatic heterocycles. The Morgan fingerprint density at radius 3 is 2.43 bits per heavy atom. The summed E-state index contributed by atoms with van der Waals surface area (Å²) in [5, 5.41) is -0.0338. The van der Waals surface area contributed by atoms with Crippen molar-refractivity contribution in [3.05, 3.63) is 64.7 Å². The molecule has 3 rings (SSSR count). The van der Waals surface area contributed by atoms with Crippen molar-refractivity contribution < 1.29 is 17.2 Å². The monoisotopic (exact) mass is 357 g/mol. The molecule has 1 fully saturated rings. The fourth-order valence-corrected chi connectivity index (χ4v) is 4.69. The third kappa shape index (κ3) is 3.11. The standard InChI is InChI=1S/C16H14ClF2NO2S/c17-14-10-11(3-8-15(14)19)16-2-1-9-20(16)23(21,22)13-6-4-12(18)5-7-13/h3-8,10,16H,1-2,9H2. The van der Waals surface area contributed by atoms with Gasteiger partial charge in [-0.05, 0) is 54.8 Å². The molecule has 1 atom stereocenters. The molecule has 0 amide bonds. The van der Waals surface area contributed by atoms with E-state index in [1.807, 2.05) is 0 Å². The molecule has 0 radical (unpaired) electrons. The van der Waals surface area contributed by atoms with Crippen LogP contribution in [0.25, 0.3) is 0 Å². The molecule has 0 spiro atoms. The Morgan fingerprint density at radius 1 is 1.09 bits per heavy atom.